The van der Waals surface area contributed by atoms with Crippen molar-refractivity contribution in [2.75, 3.05) is 49.1 Å². The summed E-state index contributed by atoms with van der Waals surface area (Å²) in [4.78, 5) is 18.3. The van der Waals surface area contributed by atoms with Gasteiger partial charge in [-0.05, 0) is 31.0 Å². The molecule has 4 rings (SSSR count). The monoisotopic (exact) mass is 371 g/mol. The van der Waals surface area contributed by atoms with E-state index in [1.54, 1.807) is 6.07 Å². The van der Waals surface area contributed by atoms with E-state index in [2.05, 4.69) is 0 Å². The van der Waals surface area contributed by atoms with Gasteiger partial charge >= 0.3 is 0 Å². The Morgan fingerprint density at radius 1 is 0.815 bits per heavy atom. The van der Waals surface area contributed by atoms with Gasteiger partial charge in [-0.2, -0.15) is 0 Å². The van der Waals surface area contributed by atoms with Crippen molar-refractivity contribution in [2.45, 2.75) is 12.8 Å². The quantitative estimate of drug-likeness (QED) is 0.826. The van der Waals surface area contributed by atoms with Crippen LogP contribution in [-0.4, -0.2) is 50.1 Å². The molecule has 2 aliphatic rings. The third-order valence-electron chi connectivity index (χ3n) is 5.39. The van der Waals surface area contributed by atoms with Gasteiger partial charge in [0.25, 0.3) is 5.91 Å². The summed E-state index contributed by atoms with van der Waals surface area (Å²) in [5.74, 6) is -1.56. The molecular weight excluding hydrogens is 348 g/mol. The SMILES string of the molecule is O=C(c1ccccc1)N1CCN(c2cc(F)c(F)c(N3CCCC3)c2)CC1. The molecule has 6 heteroatoms. The smallest absolute Gasteiger partial charge is 0.253 e. The average Bonchev–Trinajstić information content (AvgIpc) is 3.25. The minimum absolute atomic E-state index is 0.0123. The number of amides is 1. The fourth-order valence-corrected chi connectivity index (χ4v) is 3.86. The summed E-state index contributed by atoms with van der Waals surface area (Å²) in [6.07, 6.45) is 2.01. The van der Waals surface area contributed by atoms with E-state index >= 15 is 0 Å². The van der Waals surface area contributed by atoms with Crippen molar-refractivity contribution in [3.05, 3.63) is 59.7 Å². The molecule has 2 aromatic carbocycles. The van der Waals surface area contributed by atoms with E-state index in [-0.39, 0.29) is 5.91 Å². The molecule has 2 heterocycles. The van der Waals surface area contributed by atoms with Crippen LogP contribution in [0.4, 0.5) is 20.2 Å². The zero-order valence-electron chi connectivity index (χ0n) is 15.2. The summed E-state index contributed by atoms with van der Waals surface area (Å²) >= 11 is 0. The molecule has 4 nitrogen and oxygen atoms in total. The van der Waals surface area contributed by atoms with Crippen molar-refractivity contribution in [1.82, 2.24) is 4.90 Å². The van der Waals surface area contributed by atoms with Crippen LogP contribution in [0.1, 0.15) is 23.2 Å². The van der Waals surface area contributed by atoms with Crippen molar-refractivity contribution in [3.8, 4) is 0 Å². The lowest BCUT2D eigenvalue weighted by atomic mass is 10.1. The Hall–Kier alpha value is -2.63. The van der Waals surface area contributed by atoms with Crippen LogP contribution in [-0.2, 0) is 0 Å². The van der Waals surface area contributed by atoms with E-state index in [1.165, 1.54) is 6.07 Å². The van der Waals surface area contributed by atoms with Crippen LogP contribution in [0.5, 0.6) is 0 Å². The predicted molar refractivity (Wildman–Crippen MR) is 102 cm³/mol. The largest absolute Gasteiger partial charge is 0.369 e. The van der Waals surface area contributed by atoms with Crippen molar-refractivity contribution < 1.29 is 13.6 Å². The number of hydrogen-bond donors (Lipinski definition) is 0. The molecule has 0 atom stereocenters. The molecule has 2 saturated heterocycles. The Kier molecular flexibility index (Phi) is 4.97. The van der Waals surface area contributed by atoms with Gasteiger partial charge in [0.05, 0.1) is 5.69 Å². The Bertz CT molecular complexity index is 814. The number of hydrogen-bond acceptors (Lipinski definition) is 3. The maximum Gasteiger partial charge on any atom is 0.253 e. The van der Waals surface area contributed by atoms with Gasteiger partial charge in [-0.1, -0.05) is 18.2 Å². The van der Waals surface area contributed by atoms with Crippen molar-refractivity contribution in [3.63, 3.8) is 0 Å². The summed E-state index contributed by atoms with van der Waals surface area (Å²) in [6.45, 7) is 3.85. The van der Waals surface area contributed by atoms with Gasteiger partial charge in [-0.25, -0.2) is 8.78 Å². The lowest BCUT2D eigenvalue weighted by molar-refractivity contribution is 0.0746. The molecule has 0 unspecified atom stereocenters. The summed E-state index contributed by atoms with van der Waals surface area (Å²) in [6, 6.07) is 12.2. The second-order valence-corrected chi connectivity index (χ2v) is 7.10. The Balaban J connectivity index is 1.47. The van der Waals surface area contributed by atoms with Gasteiger partial charge in [-0.3, -0.25) is 4.79 Å². The van der Waals surface area contributed by atoms with E-state index in [0.717, 1.165) is 25.9 Å². The lowest BCUT2D eigenvalue weighted by Gasteiger charge is -2.36. The zero-order valence-corrected chi connectivity index (χ0v) is 15.2. The maximum absolute atomic E-state index is 14.3. The summed E-state index contributed by atoms with van der Waals surface area (Å²) in [7, 11) is 0. The third kappa shape index (κ3) is 3.61. The molecule has 0 aliphatic carbocycles. The normalized spacial score (nSPS) is 17.5. The fourth-order valence-electron chi connectivity index (χ4n) is 3.86. The number of carbonyl (C=O) groups is 1. The highest BCUT2D eigenvalue weighted by atomic mass is 19.2. The maximum atomic E-state index is 14.3. The standard InChI is InChI=1S/C21H23F2N3O/c22-18-14-17(15-19(20(18)23)25-8-4-5-9-25)24-10-12-26(13-11-24)21(27)16-6-2-1-3-7-16/h1-3,6-7,14-15H,4-5,8-13H2. The molecule has 0 saturated carbocycles. The zero-order chi connectivity index (χ0) is 18.8. The highest BCUT2D eigenvalue weighted by Crippen LogP contribution is 2.31. The van der Waals surface area contributed by atoms with Crippen LogP contribution in [0.2, 0.25) is 0 Å². The molecule has 0 aromatic heterocycles. The molecular formula is C21H23F2N3O. The number of piperazine rings is 1. The van der Waals surface area contributed by atoms with Gasteiger partial charge in [-0.15, -0.1) is 0 Å². The molecule has 0 bridgehead atoms. The van der Waals surface area contributed by atoms with Gasteiger partial charge in [0, 0.05) is 56.6 Å². The number of anilines is 2. The van der Waals surface area contributed by atoms with Crippen LogP contribution < -0.4 is 9.80 Å². The highest BCUT2D eigenvalue weighted by molar-refractivity contribution is 5.94. The van der Waals surface area contributed by atoms with Gasteiger partial charge in [0.15, 0.2) is 11.6 Å². The minimum Gasteiger partial charge on any atom is -0.369 e. The average molecular weight is 371 g/mol. The van der Waals surface area contributed by atoms with Crippen LogP contribution >= 0.6 is 0 Å². The predicted octanol–water partition coefficient (Wildman–Crippen LogP) is 3.53. The Labute approximate surface area is 158 Å². The number of rotatable bonds is 3. The molecule has 142 valence electrons. The van der Waals surface area contributed by atoms with E-state index in [0.29, 0.717) is 43.1 Å². The molecule has 2 aliphatic heterocycles. The van der Waals surface area contributed by atoms with Crippen LogP contribution in [0.15, 0.2) is 42.5 Å². The number of nitrogens with zero attached hydrogens (tertiary/aromatic N) is 3. The summed E-state index contributed by atoms with van der Waals surface area (Å²) in [5, 5.41) is 0. The second kappa shape index (κ2) is 7.55. The molecule has 0 spiro atoms. The number of halogens is 2. The molecule has 2 fully saturated rings. The van der Waals surface area contributed by atoms with E-state index in [9.17, 15) is 13.6 Å². The van der Waals surface area contributed by atoms with Crippen LogP contribution in [0, 0.1) is 11.6 Å². The fraction of sp³-hybridized carbons (Fsp3) is 0.381. The summed E-state index contributed by atoms with van der Waals surface area (Å²) < 4.78 is 28.4. The Morgan fingerprint density at radius 2 is 1.48 bits per heavy atom. The molecule has 1 amide bonds. The first-order valence-corrected chi connectivity index (χ1v) is 9.47. The van der Waals surface area contributed by atoms with Crippen LogP contribution in [0.25, 0.3) is 0 Å². The van der Waals surface area contributed by atoms with E-state index in [1.807, 2.05) is 45.0 Å². The number of benzene rings is 2. The molecule has 0 radical (unpaired) electrons. The van der Waals surface area contributed by atoms with E-state index in [4.69, 9.17) is 0 Å². The first-order valence-electron chi connectivity index (χ1n) is 9.47. The van der Waals surface area contributed by atoms with Crippen molar-refractivity contribution in [1.29, 1.82) is 0 Å². The first-order chi connectivity index (χ1) is 13.1. The van der Waals surface area contributed by atoms with E-state index < -0.39 is 11.6 Å². The van der Waals surface area contributed by atoms with Gasteiger partial charge in [0.1, 0.15) is 0 Å². The van der Waals surface area contributed by atoms with Gasteiger partial charge < -0.3 is 14.7 Å². The van der Waals surface area contributed by atoms with Crippen molar-refractivity contribution in [2.24, 2.45) is 0 Å². The molecule has 27 heavy (non-hydrogen) atoms. The highest BCUT2D eigenvalue weighted by Gasteiger charge is 2.25. The minimum atomic E-state index is -0.808. The first kappa shape index (κ1) is 17.8. The summed E-state index contributed by atoms with van der Waals surface area (Å²) in [5.41, 5.74) is 1.71. The molecule has 2 aromatic rings. The number of carbonyl (C=O) groups excluding carboxylic acids is 1. The lowest BCUT2D eigenvalue weighted by Crippen LogP contribution is -2.48. The second-order valence-electron chi connectivity index (χ2n) is 7.10. The Morgan fingerprint density at radius 3 is 2.15 bits per heavy atom. The molecule has 0 N–H and O–H groups in total. The topological polar surface area (TPSA) is 26.8 Å². The third-order valence-corrected chi connectivity index (χ3v) is 5.39. The van der Waals surface area contributed by atoms with Crippen LogP contribution in [0.3, 0.4) is 0 Å². The van der Waals surface area contributed by atoms with Gasteiger partial charge in [0.2, 0.25) is 0 Å². The van der Waals surface area contributed by atoms with Crippen molar-refractivity contribution >= 4 is 17.3 Å².